The van der Waals surface area contributed by atoms with Crippen LogP contribution in [-0.2, 0) is 0 Å². The van der Waals surface area contributed by atoms with Crippen molar-refractivity contribution in [2.24, 2.45) is 0 Å². The Labute approximate surface area is 116 Å². The van der Waals surface area contributed by atoms with Gasteiger partial charge in [-0.05, 0) is 36.6 Å². The molecule has 2 aromatic rings. The summed E-state index contributed by atoms with van der Waals surface area (Å²) in [4.78, 5) is 3.37. The Morgan fingerprint density at radius 3 is 2.78 bits per heavy atom. The molecule has 0 aliphatic heterocycles. The molecule has 1 heterocycles. The largest absolute Gasteiger partial charge is 0.366 e. The molecule has 0 radical (unpaired) electrons. The predicted molar refractivity (Wildman–Crippen MR) is 77.3 cm³/mol. The van der Waals surface area contributed by atoms with Gasteiger partial charge in [0.2, 0.25) is 0 Å². The molecule has 0 saturated heterocycles. The summed E-state index contributed by atoms with van der Waals surface area (Å²) >= 11 is 7.63. The SMILES string of the molecule is CC(c1cccs1)N(C)c1ccc(Cl)cc1C#N. The Kier molecular flexibility index (Phi) is 3.90. The second kappa shape index (κ2) is 5.43. The highest BCUT2D eigenvalue weighted by Gasteiger charge is 2.16. The van der Waals surface area contributed by atoms with Gasteiger partial charge in [-0.25, -0.2) is 0 Å². The molecule has 4 heteroatoms. The van der Waals surface area contributed by atoms with Crippen molar-refractivity contribution in [3.05, 3.63) is 51.2 Å². The maximum absolute atomic E-state index is 9.17. The van der Waals surface area contributed by atoms with E-state index in [0.29, 0.717) is 10.6 Å². The van der Waals surface area contributed by atoms with Crippen molar-refractivity contribution in [2.45, 2.75) is 13.0 Å². The smallest absolute Gasteiger partial charge is 0.101 e. The zero-order chi connectivity index (χ0) is 13.1. The van der Waals surface area contributed by atoms with Crippen molar-refractivity contribution < 1.29 is 0 Å². The summed E-state index contributed by atoms with van der Waals surface area (Å²) in [6.45, 7) is 2.13. The minimum Gasteiger partial charge on any atom is -0.366 e. The van der Waals surface area contributed by atoms with Gasteiger partial charge in [-0.1, -0.05) is 17.7 Å². The Morgan fingerprint density at radius 1 is 1.39 bits per heavy atom. The van der Waals surface area contributed by atoms with E-state index < -0.39 is 0 Å². The maximum atomic E-state index is 9.17. The summed E-state index contributed by atoms with van der Waals surface area (Å²) in [6, 6.07) is 12.0. The first-order chi connectivity index (χ1) is 8.63. The lowest BCUT2D eigenvalue weighted by atomic mass is 10.1. The fraction of sp³-hybridized carbons (Fsp3) is 0.214. The van der Waals surface area contributed by atoms with Crippen LogP contribution in [-0.4, -0.2) is 7.05 Å². The van der Waals surface area contributed by atoms with E-state index in [0.717, 1.165) is 5.69 Å². The van der Waals surface area contributed by atoms with E-state index in [-0.39, 0.29) is 6.04 Å². The number of thiophene rings is 1. The molecule has 0 N–H and O–H groups in total. The van der Waals surface area contributed by atoms with Crippen LogP contribution in [0.1, 0.15) is 23.4 Å². The summed E-state index contributed by atoms with van der Waals surface area (Å²) in [7, 11) is 1.99. The summed E-state index contributed by atoms with van der Waals surface area (Å²) in [5.41, 5.74) is 1.51. The molecule has 18 heavy (non-hydrogen) atoms. The van der Waals surface area contributed by atoms with Crippen LogP contribution in [0.5, 0.6) is 0 Å². The number of nitrogens with zero attached hydrogens (tertiary/aromatic N) is 2. The maximum Gasteiger partial charge on any atom is 0.101 e. The van der Waals surface area contributed by atoms with Crippen molar-refractivity contribution in [1.82, 2.24) is 0 Å². The number of rotatable bonds is 3. The first kappa shape index (κ1) is 12.9. The highest BCUT2D eigenvalue weighted by atomic mass is 35.5. The van der Waals surface area contributed by atoms with Crippen molar-refractivity contribution >= 4 is 28.6 Å². The molecule has 0 aliphatic carbocycles. The van der Waals surface area contributed by atoms with Gasteiger partial charge >= 0.3 is 0 Å². The lowest BCUT2D eigenvalue weighted by molar-refractivity contribution is 0.753. The topological polar surface area (TPSA) is 27.0 Å². The van der Waals surface area contributed by atoms with Crippen LogP contribution in [0, 0.1) is 11.3 Å². The number of anilines is 1. The molecule has 0 saturated carbocycles. The van der Waals surface area contributed by atoms with E-state index in [2.05, 4.69) is 29.3 Å². The predicted octanol–water partition coefficient (Wildman–Crippen LogP) is 4.47. The van der Waals surface area contributed by atoms with E-state index >= 15 is 0 Å². The third-order valence-electron chi connectivity index (χ3n) is 2.99. The molecular weight excluding hydrogens is 264 g/mol. The molecule has 1 aromatic heterocycles. The van der Waals surface area contributed by atoms with Crippen LogP contribution in [0.15, 0.2) is 35.7 Å². The summed E-state index contributed by atoms with van der Waals surface area (Å²) in [5, 5.41) is 11.8. The summed E-state index contributed by atoms with van der Waals surface area (Å²) in [5.74, 6) is 0. The average Bonchev–Trinajstić information content (AvgIpc) is 2.90. The van der Waals surface area contributed by atoms with Gasteiger partial charge in [-0.3, -0.25) is 0 Å². The Balaban J connectivity index is 2.34. The summed E-state index contributed by atoms with van der Waals surface area (Å²) in [6.07, 6.45) is 0. The molecule has 2 nitrogen and oxygen atoms in total. The van der Waals surface area contributed by atoms with E-state index in [1.165, 1.54) is 4.88 Å². The van der Waals surface area contributed by atoms with Crippen LogP contribution in [0.25, 0.3) is 0 Å². The third kappa shape index (κ3) is 2.50. The van der Waals surface area contributed by atoms with Crippen LogP contribution >= 0.6 is 22.9 Å². The van der Waals surface area contributed by atoms with E-state index in [1.54, 1.807) is 17.4 Å². The second-order valence-electron chi connectivity index (χ2n) is 4.08. The molecule has 0 aliphatic rings. The first-order valence-electron chi connectivity index (χ1n) is 5.59. The molecule has 92 valence electrons. The van der Waals surface area contributed by atoms with Crippen LogP contribution in [0.3, 0.4) is 0 Å². The average molecular weight is 277 g/mol. The molecule has 1 aromatic carbocycles. The molecular formula is C14H13ClN2S. The van der Waals surface area contributed by atoms with Gasteiger partial charge in [-0.2, -0.15) is 5.26 Å². The number of benzene rings is 1. The van der Waals surface area contributed by atoms with Gasteiger partial charge in [-0.15, -0.1) is 11.3 Å². The molecule has 2 rings (SSSR count). The van der Waals surface area contributed by atoms with E-state index in [4.69, 9.17) is 11.6 Å². The van der Waals surface area contributed by atoms with Crippen molar-refractivity contribution in [3.63, 3.8) is 0 Å². The summed E-state index contributed by atoms with van der Waals surface area (Å²) < 4.78 is 0. The van der Waals surface area contributed by atoms with E-state index in [9.17, 15) is 5.26 Å². The fourth-order valence-electron chi connectivity index (χ4n) is 1.83. The Hall–Kier alpha value is -1.50. The zero-order valence-electron chi connectivity index (χ0n) is 10.2. The second-order valence-corrected chi connectivity index (χ2v) is 5.49. The highest BCUT2D eigenvalue weighted by Crippen LogP contribution is 2.31. The van der Waals surface area contributed by atoms with Gasteiger partial charge in [0.15, 0.2) is 0 Å². The minimum absolute atomic E-state index is 0.235. The number of halogens is 1. The minimum atomic E-state index is 0.235. The monoisotopic (exact) mass is 276 g/mol. The Bertz CT molecular complexity index is 572. The van der Waals surface area contributed by atoms with Crippen molar-refractivity contribution in [2.75, 3.05) is 11.9 Å². The molecule has 1 unspecified atom stereocenters. The third-order valence-corrected chi connectivity index (χ3v) is 4.27. The van der Waals surface area contributed by atoms with Gasteiger partial charge in [0.25, 0.3) is 0 Å². The van der Waals surface area contributed by atoms with E-state index in [1.807, 2.05) is 25.2 Å². The Morgan fingerprint density at radius 2 is 2.17 bits per heavy atom. The van der Waals surface area contributed by atoms with Crippen LogP contribution < -0.4 is 4.90 Å². The molecule has 0 amide bonds. The highest BCUT2D eigenvalue weighted by molar-refractivity contribution is 7.10. The number of hydrogen-bond acceptors (Lipinski definition) is 3. The van der Waals surface area contributed by atoms with Gasteiger partial charge < -0.3 is 4.90 Å². The number of hydrogen-bond donors (Lipinski definition) is 0. The first-order valence-corrected chi connectivity index (χ1v) is 6.85. The van der Waals surface area contributed by atoms with Gasteiger partial charge in [0, 0.05) is 16.9 Å². The van der Waals surface area contributed by atoms with Crippen molar-refractivity contribution in [1.29, 1.82) is 5.26 Å². The quantitative estimate of drug-likeness (QED) is 0.827. The standard InChI is InChI=1S/C14H13ClN2S/c1-10(14-4-3-7-18-14)17(2)13-6-5-12(15)8-11(13)9-16/h3-8,10H,1-2H3. The lowest BCUT2D eigenvalue weighted by Gasteiger charge is -2.27. The lowest BCUT2D eigenvalue weighted by Crippen LogP contribution is -2.21. The molecule has 1 atom stereocenters. The zero-order valence-corrected chi connectivity index (χ0v) is 11.8. The van der Waals surface area contributed by atoms with Gasteiger partial charge in [0.05, 0.1) is 17.3 Å². The van der Waals surface area contributed by atoms with Gasteiger partial charge in [0.1, 0.15) is 6.07 Å². The normalized spacial score (nSPS) is 11.9. The molecule has 0 fully saturated rings. The van der Waals surface area contributed by atoms with Crippen LogP contribution in [0.2, 0.25) is 5.02 Å². The fourth-order valence-corrected chi connectivity index (χ4v) is 2.83. The number of nitriles is 1. The molecule has 0 spiro atoms. The van der Waals surface area contributed by atoms with Crippen LogP contribution in [0.4, 0.5) is 5.69 Å². The molecule has 0 bridgehead atoms. The van der Waals surface area contributed by atoms with Crippen molar-refractivity contribution in [3.8, 4) is 6.07 Å².